The van der Waals surface area contributed by atoms with Gasteiger partial charge in [-0.15, -0.1) is 0 Å². The summed E-state index contributed by atoms with van der Waals surface area (Å²) >= 11 is 6.50. The first kappa shape index (κ1) is 27.7. The number of amides is 2. The van der Waals surface area contributed by atoms with Crippen LogP contribution in [-0.2, 0) is 16.1 Å². The lowest BCUT2D eigenvalue weighted by Crippen LogP contribution is -2.51. The molecule has 2 N–H and O–H groups in total. The maximum atomic E-state index is 15.3. The van der Waals surface area contributed by atoms with Crippen LogP contribution in [0.1, 0.15) is 44.2 Å². The number of hydrogen-bond acceptors (Lipinski definition) is 6. The number of carbonyl (C=O) groups is 2. The second-order valence-corrected chi connectivity index (χ2v) is 12.0. The number of nitrogens with zero attached hydrogens (tertiary/aromatic N) is 5. The molecule has 6 rings (SSSR count). The van der Waals surface area contributed by atoms with Gasteiger partial charge < -0.3 is 19.8 Å². The third kappa shape index (κ3) is 4.98. The highest BCUT2D eigenvalue weighted by Crippen LogP contribution is 2.47. The smallest absolute Gasteiger partial charge is 0.407 e. The number of fused-ring (bicyclic) bond motifs is 1. The molecule has 1 aromatic carbocycles. The number of rotatable bonds is 5. The summed E-state index contributed by atoms with van der Waals surface area (Å²) in [7, 11) is 0. The molecule has 3 aromatic rings. The number of carbonyl (C=O) groups excluding carboxylic acids is 1. The third-order valence-corrected chi connectivity index (χ3v) is 8.96. The van der Waals surface area contributed by atoms with Crippen LogP contribution in [0.5, 0.6) is 0 Å². The zero-order chi connectivity index (χ0) is 29.1. The van der Waals surface area contributed by atoms with Crippen molar-refractivity contribution in [3.05, 3.63) is 57.5 Å². The van der Waals surface area contributed by atoms with Gasteiger partial charge in [-0.1, -0.05) is 24.6 Å². The molecule has 11 nitrogen and oxygen atoms in total. The van der Waals surface area contributed by atoms with Gasteiger partial charge in [-0.25, -0.2) is 14.2 Å². The van der Waals surface area contributed by atoms with Gasteiger partial charge in [0.1, 0.15) is 17.3 Å². The Morgan fingerprint density at radius 1 is 1.17 bits per heavy atom. The van der Waals surface area contributed by atoms with Crippen LogP contribution in [0.2, 0.25) is 5.15 Å². The zero-order valence-corrected chi connectivity index (χ0v) is 23.3. The zero-order valence-electron chi connectivity index (χ0n) is 22.6. The summed E-state index contributed by atoms with van der Waals surface area (Å²) in [5.41, 5.74) is -1.12. The Morgan fingerprint density at radius 2 is 1.90 bits per heavy atom. The predicted molar refractivity (Wildman–Crippen MR) is 147 cm³/mol. The number of likely N-dealkylation sites (tertiary alicyclic amines) is 1. The summed E-state index contributed by atoms with van der Waals surface area (Å²) in [4.78, 5) is 45.1. The minimum absolute atomic E-state index is 0.0176. The Hall–Kier alpha value is -3.48. The predicted octanol–water partition coefficient (Wildman–Crippen LogP) is 3.18. The van der Waals surface area contributed by atoms with Crippen LogP contribution in [0, 0.1) is 11.2 Å². The largest absolute Gasteiger partial charge is 0.465 e. The first-order chi connectivity index (χ1) is 19.5. The van der Waals surface area contributed by atoms with Gasteiger partial charge in [0.25, 0.3) is 5.56 Å². The van der Waals surface area contributed by atoms with Crippen molar-refractivity contribution in [3.63, 3.8) is 0 Å². The molecule has 0 spiro atoms. The summed E-state index contributed by atoms with van der Waals surface area (Å²) in [5, 5.41) is 21.1. The molecule has 2 amide bonds. The van der Waals surface area contributed by atoms with E-state index in [9.17, 15) is 24.6 Å². The van der Waals surface area contributed by atoms with E-state index in [0.717, 1.165) is 17.7 Å². The van der Waals surface area contributed by atoms with Crippen molar-refractivity contribution in [2.75, 3.05) is 32.8 Å². The molecule has 2 aliphatic heterocycles. The molecule has 0 radical (unpaired) electrons. The molecular weight excluding hydrogens is 557 g/mol. The lowest BCUT2D eigenvalue weighted by Gasteiger charge is -2.39. The topological polar surface area (TPSA) is 130 Å². The lowest BCUT2D eigenvalue weighted by atomic mass is 9.90. The average molecular weight is 588 g/mol. The van der Waals surface area contributed by atoms with Crippen LogP contribution in [-0.4, -0.2) is 84.6 Å². The van der Waals surface area contributed by atoms with Crippen molar-refractivity contribution in [2.45, 2.75) is 50.8 Å². The molecule has 1 saturated carbocycles. The highest BCUT2D eigenvalue weighted by Gasteiger charge is 2.48. The quantitative estimate of drug-likeness (QED) is 0.469. The molecule has 13 heteroatoms. The number of morpholine rings is 1. The van der Waals surface area contributed by atoms with Gasteiger partial charge in [0, 0.05) is 30.6 Å². The summed E-state index contributed by atoms with van der Waals surface area (Å²) < 4.78 is 23.5. The minimum atomic E-state index is -1.17. The molecule has 41 heavy (non-hydrogen) atoms. The second kappa shape index (κ2) is 10.1. The van der Waals surface area contributed by atoms with Gasteiger partial charge in [0.2, 0.25) is 5.91 Å². The van der Waals surface area contributed by atoms with E-state index in [1.165, 1.54) is 33.7 Å². The van der Waals surface area contributed by atoms with Crippen LogP contribution in [0.4, 0.5) is 9.18 Å². The average Bonchev–Trinajstić information content (AvgIpc) is 3.61. The summed E-state index contributed by atoms with van der Waals surface area (Å²) in [6.45, 7) is 3.25. The highest BCUT2D eigenvalue weighted by atomic mass is 35.5. The van der Waals surface area contributed by atoms with Gasteiger partial charge in [-0.2, -0.15) is 0 Å². The number of aromatic nitrogens is 3. The molecule has 218 valence electrons. The molecule has 4 heterocycles. The SMILES string of the molecule is CC1(C(=O)N2CCC(O)(Cn3cnc4c(cc(Cl)n4-c4ccc(C5COCCN5C(=O)O)c(F)c4)c3=O)CC2)CC1. The van der Waals surface area contributed by atoms with E-state index >= 15 is 4.39 Å². The lowest BCUT2D eigenvalue weighted by molar-refractivity contribution is -0.141. The molecule has 1 unspecified atom stereocenters. The van der Waals surface area contributed by atoms with Gasteiger partial charge in [-0.3, -0.25) is 23.6 Å². The molecule has 1 aliphatic carbocycles. The van der Waals surface area contributed by atoms with E-state index in [-0.39, 0.29) is 59.4 Å². The Labute approximate surface area is 239 Å². The third-order valence-electron chi connectivity index (χ3n) is 8.68. The van der Waals surface area contributed by atoms with Crippen molar-refractivity contribution in [3.8, 4) is 5.69 Å². The van der Waals surface area contributed by atoms with Crippen LogP contribution in [0.25, 0.3) is 16.7 Å². The molecule has 0 bridgehead atoms. The Morgan fingerprint density at radius 3 is 2.56 bits per heavy atom. The number of carboxylic acid groups (broad SMARTS) is 1. The maximum Gasteiger partial charge on any atom is 0.407 e. The first-order valence-corrected chi connectivity index (χ1v) is 14.0. The van der Waals surface area contributed by atoms with Gasteiger partial charge in [0.05, 0.1) is 42.5 Å². The van der Waals surface area contributed by atoms with Crippen molar-refractivity contribution >= 4 is 34.6 Å². The number of aliphatic hydroxyl groups is 1. The Balaban J connectivity index is 1.24. The van der Waals surface area contributed by atoms with E-state index in [1.807, 2.05) is 6.92 Å². The van der Waals surface area contributed by atoms with Crippen LogP contribution in [0.3, 0.4) is 0 Å². The second-order valence-electron chi connectivity index (χ2n) is 11.6. The molecule has 3 fully saturated rings. The molecule has 3 aliphatic rings. The maximum absolute atomic E-state index is 15.3. The van der Waals surface area contributed by atoms with E-state index in [2.05, 4.69) is 4.98 Å². The Kier molecular flexibility index (Phi) is 6.82. The van der Waals surface area contributed by atoms with E-state index in [4.69, 9.17) is 16.3 Å². The van der Waals surface area contributed by atoms with Crippen molar-refractivity contribution in [2.24, 2.45) is 5.41 Å². The number of ether oxygens (including phenoxy) is 1. The minimum Gasteiger partial charge on any atom is -0.465 e. The number of hydrogen-bond donors (Lipinski definition) is 2. The monoisotopic (exact) mass is 587 g/mol. The highest BCUT2D eigenvalue weighted by molar-refractivity contribution is 6.31. The van der Waals surface area contributed by atoms with Crippen LogP contribution >= 0.6 is 11.6 Å². The normalized spacial score (nSPS) is 21.7. The standard InChI is InChI=1S/C28H31ClFN5O6/c1-27(4-5-27)25(37)32-8-6-28(40,7-9-32)15-33-16-31-23-19(24(33)36)13-22(29)35(23)17-2-3-18(20(30)12-17)21-14-41-11-10-34(21)26(38)39/h2-3,12-13,16,21,40H,4-11,14-15H2,1H3,(H,38,39). The van der Waals surface area contributed by atoms with Crippen LogP contribution in [0.15, 0.2) is 35.4 Å². The molecular formula is C28H31ClFN5O6. The fourth-order valence-electron chi connectivity index (χ4n) is 5.84. The Bertz CT molecular complexity index is 1590. The van der Waals surface area contributed by atoms with E-state index < -0.39 is 29.1 Å². The van der Waals surface area contributed by atoms with Gasteiger partial charge in [0.15, 0.2) is 5.65 Å². The molecule has 1 atom stereocenters. The van der Waals surface area contributed by atoms with Gasteiger partial charge in [-0.05, 0) is 43.9 Å². The van der Waals surface area contributed by atoms with Crippen molar-refractivity contribution < 1.29 is 28.9 Å². The fraction of sp³-hybridized carbons (Fsp3) is 0.500. The van der Waals surface area contributed by atoms with Crippen molar-refractivity contribution in [1.29, 1.82) is 0 Å². The fourth-order valence-corrected chi connectivity index (χ4v) is 6.13. The van der Waals surface area contributed by atoms with E-state index in [0.29, 0.717) is 31.6 Å². The summed E-state index contributed by atoms with van der Waals surface area (Å²) in [6, 6.07) is 4.97. The first-order valence-electron chi connectivity index (χ1n) is 13.6. The van der Waals surface area contributed by atoms with Gasteiger partial charge >= 0.3 is 6.09 Å². The number of piperidine rings is 1. The summed E-state index contributed by atoms with van der Waals surface area (Å²) in [6.07, 6.45) is 2.66. The molecule has 2 aromatic heterocycles. The number of benzene rings is 1. The van der Waals surface area contributed by atoms with E-state index in [1.54, 1.807) is 11.0 Å². The molecule has 2 saturated heterocycles. The van der Waals surface area contributed by atoms with Crippen molar-refractivity contribution in [1.82, 2.24) is 23.9 Å². The summed E-state index contributed by atoms with van der Waals surface area (Å²) in [5.74, 6) is -0.509. The number of halogens is 2. The van der Waals surface area contributed by atoms with Crippen LogP contribution < -0.4 is 5.56 Å².